The largest absolute Gasteiger partial charge is 0.369 e. The van der Waals surface area contributed by atoms with Gasteiger partial charge in [-0.1, -0.05) is 17.7 Å². The quantitative estimate of drug-likeness (QED) is 0.519. The maximum Gasteiger partial charge on any atom is 0.292 e. The summed E-state index contributed by atoms with van der Waals surface area (Å²) in [5.74, 6) is 0. The normalized spacial score (nSPS) is 18.2. The first kappa shape index (κ1) is 21.6. The number of aryl methyl sites for hydroxylation is 1. The highest BCUT2D eigenvalue weighted by Gasteiger charge is 2.29. The van der Waals surface area contributed by atoms with Crippen molar-refractivity contribution in [2.45, 2.75) is 31.1 Å². The van der Waals surface area contributed by atoms with E-state index in [2.05, 4.69) is 9.80 Å². The molecule has 0 amide bonds. The Morgan fingerprint density at radius 3 is 2.10 bits per heavy atom. The molecule has 4 rings (SSSR count). The van der Waals surface area contributed by atoms with Crippen molar-refractivity contribution in [1.82, 2.24) is 4.31 Å². The summed E-state index contributed by atoms with van der Waals surface area (Å²) in [6, 6.07) is 12.2. The van der Waals surface area contributed by atoms with E-state index in [1.807, 2.05) is 25.1 Å². The fourth-order valence-corrected chi connectivity index (χ4v) is 5.72. The molecule has 2 fully saturated rings. The lowest BCUT2D eigenvalue weighted by atomic mass is 10.1. The van der Waals surface area contributed by atoms with Crippen LogP contribution in [0.1, 0.15) is 24.8 Å². The molecule has 2 aliphatic heterocycles. The van der Waals surface area contributed by atoms with Crippen LogP contribution in [0.2, 0.25) is 0 Å². The number of rotatable bonds is 5. The zero-order valence-electron chi connectivity index (χ0n) is 17.7. The van der Waals surface area contributed by atoms with E-state index >= 15 is 0 Å². The average Bonchev–Trinajstić information content (AvgIpc) is 2.79. The van der Waals surface area contributed by atoms with Crippen LogP contribution in [0, 0.1) is 17.0 Å². The Morgan fingerprint density at radius 2 is 1.48 bits per heavy atom. The van der Waals surface area contributed by atoms with E-state index < -0.39 is 10.0 Å². The van der Waals surface area contributed by atoms with Crippen molar-refractivity contribution in [2.75, 3.05) is 49.1 Å². The molecule has 2 aromatic rings. The van der Waals surface area contributed by atoms with Crippen molar-refractivity contribution in [1.29, 1.82) is 0 Å². The van der Waals surface area contributed by atoms with E-state index in [-0.39, 0.29) is 10.6 Å². The molecule has 0 atom stereocenters. The van der Waals surface area contributed by atoms with Gasteiger partial charge in [0.1, 0.15) is 5.69 Å². The van der Waals surface area contributed by atoms with Crippen LogP contribution in [0.5, 0.6) is 0 Å². The van der Waals surface area contributed by atoms with Crippen LogP contribution >= 0.6 is 0 Å². The lowest BCUT2D eigenvalue weighted by molar-refractivity contribution is -0.384. The molecule has 2 heterocycles. The van der Waals surface area contributed by atoms with Crippen molar-refractivity contribution in [3.05, 3.63) is 58.1 Å². The van der Waals surface area contributed by atoms with Crippen LogP contribution in [0.25, 0.3) is 0 Å². The van der Waals surface area contributed by atoms with Gasteiger partial charge in [-0.2, -0.15) is 4.31 Å². The minimum absolute atomic E-state index is 0.131. The molecule has 0 aromatic heterocycles. The highest BCUT2D eigenvalue weighted by atomic mass is 32.2. The van der Waals surface area contributed by atoms with E-state index in [1.54, 1.807) is 24.3 Å². The molecule has 2 aliphatic rings. The van der Waals surface area contributed by atoms with Gasteiger partial charge in [0.2, 0.25) is 10.0 Å². The van der Waals surface area contributed by atoms with Gasteiger partial charge in [-0.3, -0.25) is 10.1 Å². The summed E-state index contributed by atoms with van der Waals surface area (Å²) in [7, 11) is -3.52. The highest BCUT2D eigenvalue weighted by Crippen LogP contribution is 2.34. The third-order valence-corrected chi connectivity index (χ3v) is 8.03. The number of anilines is 2. The molecule has 0 aliphatic carbocycles. The van der Waals surface area contributed by atoms with Gasteiger partial charge in [0.25, 0.3) is 5.69 Å². The maximum atomic E-state index is 12.9. The van der Waals surface area contributed by atoms with Crippen LogP contribution < -0.4 is 9.80 Å². The Hall–Kier alpha value is -2.65. The number of piperidine rings is 1. The molecule has 0 saturated carbocycles. The Balaban J connectivity index is 1.50. The molecule has 0 radical (unpaired) electrons. The van der Waals surface area contributed by atoms with Crippen LogP contribution in [-0.4, -0.2) is 56.9 Å². The smallest absolute Gasteiger partial charge is 0.292 e. The number of nitro groups is 1. The van der Waals surface area contributed by atoms with E-state index in [0.29, 0.717) is 36.8 Å². The molecule has 2 saturated heterocycles. The van der Waals surface area contributed by atoms with Gasteiger partial charge in [-0.25, -0.2) is 8.42 Å². The van der Waals surface area contributed by atoms with Gasteiger partial charge in [0, 0.05) is 51.0 Å². The number of hydrogen-bond donors (Lipinski definition) is 0. The van der Waals surface area contributed by atoms with Crippen molar-refractivity contribution >= 4 is 27.1 Å². The molecule has 31 heavy (non-hydrogen) atoms. The standard InChI is InChI=1S/C22H28N4O4S/c1-18-5-8-20(9-6-18)31(29,30)25-15-13-23(14-16-25)19-7-10-21(26(27)28)22(17-19)24-11-3-2-4-12-24/h5-10,17H,2-4,11-16H2,1H3. The lowest BCUT2D eigenvalue weighted by Crippen LogP contribution is -2.48. The second kappa shape index (κ2) is 8.84. The van der Waals surface area contributed by atoms with Gasteiger partial charge in [-0.15, -0.1) is 0 Å². The summed E-state index contributed by atoms with van der Waals surface area (Å²) in [4.78, 5) is 15.8. The second-order valence-corrected chi connectivity index (χ2v) is 10.1. The third-order valence-electron chi connectivity index (χ3n) is 6.11. The predicted molar refractivity (Wildman–Crippen MR) is 121 cm³/mol. The van der Waals surface area contributed by atoms with Gasteiger partial charge in [-0.05, 0) is 50.5 Å². The molecule has 0 N–H and O–H groups in total. The van der Waals surface area contributed by atoms with E-state index in [1.165, 1.54) is 4.31 Å². The molecule has 2 aromatic carbocycles. The SMILES string of the molecule is Cc1ccc(S(=O)(=O)N2CCN(c3ccc([N+](=O)[O-])c(N4CCCCC4)c3)CC2)cc1. The number of benzene rings is 2. The van der Waals surface area contributed by atoms with E-state index in [4.69, 9.17) is 0 Å². The van der Waals surface area contributed by atoms with Crippen molar-refractivity contribution < 1.29 is 13.3 Å². The Labute approximate surface area is 183 Å². The summed E-state index contributed by atoms with van der Waals surface area (Å²) in [6.45, 7) is 5.43. The maximum absolute atomic E-state index is 12.9. The number of sulfonamides is 1. The monoisotopic (exact) mass is 444 g/mol. The second-order valence-electron chi connectivity index (χ2n) is 8.18. The first-order chi connectivity index (χ1) is 14.9. The minimum Gasteiger partial charge on any atom is -0.369 e. The minimum atomic E-state index is -3.52. The Morgan fingerprint density at radius 1 is 0.839 bits per heavy atom. The summed E-state index contributed by atoms with van der Waals surface area (Å²) in [5, 5.41) is 11.6. The molecule has 0 bridgehead atoms. The lowest BCUT2D eigenvalue weighted by Gasteiger charge is -2.36. The number of nitrogens with zero attached hydrogens (tertiary/aromatic N) is 4. The van der Waals surface area contributed by atoms with Gasteiger partial charge in [0.05, 0.1) is 9.82 Å². The van der Waals surface area contributed by atoms with Crippen molar-refractivity contribution in [2.24, 2.45) is 0 Å². The predicted octanol–water partition coefficient (Wildman–Crippen LogP) is 3.40. The molecule has 0 spiro atoms. The number of piperazine rings is 1. The Bertz CT molecular complexity index is 1040. The van der Waals surface area contributed by atoms with Crippen molar-refractivity contribution in [3.8, 4) is 0 Å². The van der Waals surface area contributed by atoms with Crippen LogP contribution in [0.3, 0.4) is 0 Å². The first-order valence-corrected chi connectivity index (χ1v) is 12.2. The van der Waals surface area contributed by atoms with Crippen molar-refractivity contribution in [3.63, 3.8) is 0 Å². The molecule has 8 nitrogen and oxygen atoms in total. The topological polar surface area (TPSA) is 87.0 Å². The van der Waals surface area contributed by atoms with Gasteiger partial charge < -0.3 is 9.80 Å². The first-order valence-electron chi connectivity index (χ1n) is 10.7. The van der Waals surface area contributed by atoms with Gasteiger partial charge >= 0.3 is 0 Å². The van der Waals surface area contributed by atoms with Crippen LogP contribution in [0.4, 0.5) is 17.1 Å². The fourth-order valence-electron chi connectivity index (χ4n) is 4.30. The molecule has 9 heteroatoms. The fraction of sp³-hybridized carbons (Fsp3) is 0.455. The Kier molecular flexibility index (Phi) is 6.15. The van der Waals surface area contributed by atoms with Crippen LogP contribution in [0.15, 0.2) is 47.4 Å². The zero-order valence-corrected chi connectivity index (χ0v) is 18.6. The summed E-state index contributed by atoms with van der Waals surface area (Å²) < 4.78 is 27.4. The summed E-state index contributed by atoms with van der Waals surface area (Å²) in [5.41, 5.74) is 2.72. The van der Waals surface area contributed by atoms with Crippen LogP contribution in [-0.2, 0) is 10.0 Å². The molecular formula is C22H28N4O4S. The molecule has 0 unspecified atom stereocenters. The van der Waals surface area contributed by atoms with Gasteiger partial charge in [0.15, 0.2) is 0 Å². The number of hydrogen-bond acceptors (Lipinski definition) is 6. The van der Waals surface area contributed by atoms with E-state index in [9.17, 15) is 18.5 Å². The average molecular weight is 445 g/mol. The summed E-state index contributed by atoms with van der Waals surface area (Å²) in [6.07, 6.45) is 3.23. The molecular weight excluding hydrogens is 416 g/mol. The third kappa shape index (κ3) is 4.52. The highest BCUT2D eigenvalue weighted by molar-refractivity contribution is 7.89. The zero-order chi connectivity index (χ0) is 22.0. The van der Waals surface area contributed by atoms with E-state index in [0.717, 1.165) is 43.6 Å². The number of nitro benzene ring substituents is 1. The molecule has 166 valence electrons. The summed E-state index contributed by atoms with van der Waals surface area (Å²) >= 11 is 0.